The van der Waals surface area contributed by atoms with Crippen molar-refractivity contribution in [2.45, 2.75) is 30.5 Å². The predicted molar refractivity (Wildman–Crippen MR) is 77.5 cm³/mol. The Bertz CT molecular complexity index is 689. The quantitative estimate of drug-likeness (QED) is 0.825. The SMILES string of the molecule is Cc1[nH]c(=O)sc1S(=O)(=O)N1CC2CNCC2C1(C)C. The number of H-pyrrole nitrogens is 1. The van der Waals surface area contributed by atoms with E-state index in [1.54, 1.807) is 11.2 Å². The van der Waals surface area contributed by atoms with Crippen molar-refractivity contribution < 1.29 is 8.42 Å². The molecule has 112 valence electrons. The highest BCUT2D eigenvalue weighted by Crippen LogP contribution is 2.44. The van der Waals surface area contributed by atoms with Gasteiger partial charge in [0.2, 0.25) is 0 Å². The zero-order valence-electron chi connectivity index (χ0n) is 11.8. The third-order valence-electron chi connectivity index (χ3n) is 4.60. The van der Waals surface area contributed by atoms with Crippen molar-refractivity contribution in [3.8, 4) is 0 Å². The third-order valence-corrected chi connectivity index (χ3v) is 8.23. The van der Waals surface area contributed by atoms with Crippen LogP contribution in [0.1, 0.15) is 19.5 Å². The number of aromatic amines is 1. The summed E-state index contributed by atoms with van der Waals surface area (Å²) in [5.74, 6) is 0.684. The zero-order valence-corrected chi connectivity index (χ0v) is 13.4. The Morgan fingerprint density at radius 1 is 1.35 bits per heavy atom. The van der Waals surface area contributed by atoms with E-state index in [9.17, 15) is 13.2 Å². The molecule has 0 saturated carbocycles. The number of nitrogens with one attached hydrogen (secondary N) is 2. The molecule has 8 heteroatoms. The number of sulfonamides is 1. The van der Waals surface area contributed by atoms with Gasteiger partial charge in [-0.2, -0.15) is 4.31 Å². The molecule has 3 heterocycles. The lowest BCUT2D eigenvalue weighted by atomic mass is 9.85. The average Bonchev–Trinajstić information content (AvgIpc) is 2.96. The van der Waals surface area contributed by atoms with E-state index in [1.807, 2.05) is 13.8 Å². The average molecular weight is 317 g/mol. The molecule has 0 radical (unpaired) electrons. The van der Waals surface area contributed by atoms with Gasteiger partial charge in [-0.1, -0.05) is 11.3 Å². The topological polar surface area (TPSA) is 82.3 Å². The van der Waals surface area contributed by atoms with Gasteiger partial charge in [-0.25, -0.2) is 8.42 Å². The summed E-state index contributed by atoms with van der Waals surface area (Å²) < 4.78 is 27.5. The lowest BCUT2D eigenvalue weighted by Crippen LogP contribution is -2.47. The molecule has 2 aliphatic heterocycles. The van der Waals surface area contributed by atoms with Crippen LogP contribution in [-0.4, -0.2) is 42.9 Å². The van der Waals surface area contributed by atoms with E-state index < -0.39 is 15.6 Å². The number of nitrogens with zero attached hydrogens (tertiary/aromatic N) is 1. The van der Waals surface area contributed by atoms with Crippen LogP contribution in [0.5, 0.6) is 0 Å². The lowest BCUT2D eigenvalue weighted by molar-refractivity contribution is 0.233. The molecule has 1 aromatic heterocycles. The molecule has 2 unspecified atom stereocenters. The first kappa shape index (κ1) is 14.2. The van der Waals surface area contributed by atoms with E-state index >= 15 is 0 Å². The molecule has 20 heavy (non-hydrogen) atoms. The summed E-state index contributed by atoms with van der Waals surface area (Å²) in [4.78, 5) is 13.6. The maximum atomic E-state index is 12.9. The molecule has 6 nitrogen and oxygen atoms in total. The largest absolute Gasteiger partial charge is 0.316 e. The Labute approximate surface area is 122 Å². The van der Waals surface area contributed by atoms with Crippen LogP contribution in [0.25, 0.3) is 0 Å². The summed E-state index contributed by atoms with van der Waals surface area (Å²) in [6.45, 7) is 7.84. The van der Waals surface area contributed by atoms with Gasteiger partial charge in [0, 0.05) is 24.3 Å². The van der Waals surface area contributed by atoms with Gasteiger partial charge in [0.25, 0.3) is 10.0 Å². The monoisotopic (exact) mass is 317 g/mol. The molecule has 2 aliphatic rings. The highest BCUT2D eigenvalue weighted by atomic mass is 32.2. The van der Waals surface area contributed by atoms with Crippen LogP contribution in [0.15, 0.2) is 9.00 Å². The van der Waals surface area contributed by atoms with Gasteiger partial charge in [0.15, 0.2) is 4.21 Å². The third kappa shape index (κ3) is 1.89. The van der Waals surface area contributed by atoms with Gasteiger partial charge in [-0.3, -0.25) is 4.79 Å². The first-order valence-corrected chi connectivity index (χ1v) is 8.93. The van der Waals surface area contributed by atoms with Crippen molar-refractivity contribution in [2.24, 2.45) is 11.8 Å². The van der Waals surface area contributed by atoms with Crippen molar-refractivity contribution >= 4 is 21.4 Å². The number of thiazole rings is 1. The number of aromatic nitrogens is 1. The minimum absolute atomic E-state index is 0.156. The van der Waals surface area contributed by atoms with Crippen LogP contribution >= 0.6 is 11.3 Å². The summed E-state index contributed by atoms with van der Waals surface area (Å²) in [6, 6.07) is 0. The first-order chi connectivity index (χ1) is 9.24. The second-order valence-corrected chi connectivity index (χ2v) is 9.18. The highest BCUT2D eigenvalue weighted by molar-refractivity contribution is 7.91. The van der Waals surface area contributed by atoms with E-state index in [0.717, 1.165) is 24.4 Å². The van der Waals surface area contributed by atoms with E-state index in [4.69, 9.17) is 0 Å². The molecular weight excluding hydrogens is 298 g/mol. The summed E-state index contributed by atoms with van der Waals surface area (Å²) in [6.07, 6.45) is 0. The fourth-order valence-corrected chi connectivity index (χ4v) is 6.80. The van der Waals surface area contributed by atoms with Crippen molar-refractivity contribution in [2.75, 3.05) is 19.6 Å². The number of fused-ring (bicyclic) bond motifs is 1. The fraction of sp³-hybridized carbons (Fsp3) is 0.750. The molecule has 2 N–H and O–H groups in total. The molecule has 2 atom stereocenters. The van der Waals surface area contributed by atoms with Crippen LogP contribution in [0.3, 0.4) is 0 Å². The van der Waals surface area contributed by atoms with Crippen molar-refractivity contribution in [1.29, 1.82) is 0 Å². The minimum atomic E-state index is -3.61. The summed E-state index contributed by atoms with van der Waals surface area (Å²) in [5.41, 5.74) is 0.0120. The molecule has 2 fully saturated rings. The Balaban J connectivity index is 2.04. The van der Waals surface area contributed by atoms with Crippen LogP contribution < -0.4 is 10.2 Å². The maximum absolute atomic E-state index is 12.9. The second-order valence-electron chi connectivity index (χ2n) is 6.14. The van der Waals surface area contributed by atoms with Crippen LogP contribution in [0.2, 0.25) is 0 Å². The van der Waals surface area contributed by atoms with Crippen LogP contribution in [0, 0.1) is 18.8 Å². The molecular formula is C12H19N3O3S2. The van der Waals surface area contributed by atoms with E-state index in [-0.39, 0.29) is 9.08 Å². The first-order valence-electron chi connectivity index (χ1n) is 6.68. The molecule has 0 bridgehead atoms. The number of hydrogen-bond acceptors (Lipinski definition) is 5. The van der Waals surface area contributed by atoms with Gasteiger partial charge in [0.05, 0.1) is 0 Å². The van der Waals surface area contributed by atoms with Crippen LogP contribution in [-0.2, 0) is 10.0 Å². The smallest absolute Gasteiger partial charge is 0.305 e. The lowest BCUT2D eigenvalue weighted by Gasteiger charge is -2.34. The van der Waals surface area contributed by atoms with Gasteiger partial charge >= 0.3 is 4.87 Å². The van der Waals surface area contributed by atoms with Gasteiger partial charge in [0.1, 0.15) is 0 Å². The Morgan fingerprint density at radius 2 is 2.05 bits per heavy atom. The molecule has 0 amide bonds. The molecule has 0 aliphatic carbocycles. The summed E-state index contributed by atoms with van der Waals surface area (Å²) >= 11 is 0.781. The van der Waals surface area contributed by atoms with Crippen molar-refractivity contribution in [1.82, 2.24) is 14.6 Å². The molecule has 0 aromatic carbocycles. The summed E-state index contributed by atoms with van der Waals surface area (Å²) in [7, 11) is -3.61. The van der Waals surface area contributed by atoms with Gasteiger partial charge in [-0.05, 0) is 39.2 Å². The van der Waals surface area contributed by atoms with Gasteiger partial charge in [-0.15, -0.1) is 0 Å². The number of hydrogen-bond donors (Lipinski definition) is 2. The van der Waals surface area contributed by atoms with Gasteiger partial charge < -0.3 is 10.3 Å². The van der Waals surface area contributed by atoms with Crippen LogP contribution in [0.4, 0.5) is 0 Å². The van der Waals surface area contributed by atoms with E-state index in [2.05, 4.69) is 10.3 Å². The fourth-order valence-electron chi connectivity index (χ4n) is 3.53. The molecule has 3 rings (SSSR count). The normalized spacial score (nSPS) is 29.8. The van der Waals surface area contributed by atoms with Crippen molar-refractivity contribution in [3.05, 3.63) is 15.4 Å². The van der Waals surface area contributed by atoms with E-state index in [0.29, 0.717) is 24.1 Å². The molecule has 1 aromatic rings. The molecule has 2 saturated heterocycles. The summed E-state index contributed by atoms with van der Waals surface area (Å²) in [5, 5.41) is 3.33. The zero-order chi connectivity index (χ0) is 14.7. The Morgan fingerprint density at radius 3 is 2.60 bits per heavy atom. The standard InChI is InChI=1S/C12H19N3O3S2/c1-7-10(19-11(16)14-7)20(17,18)15-6-8-4-13-5-9(8)12(15,2)3/h8-9,13H,4-6H2,1-3H3,(H,14,16). The predicted octanol–water partition coefficient (Wildman–Crippen LogP) is 0.363. The second kappa shape index (κ2) is 4.40. The highest BCUT2D eigenvalue weighted by Gasteiger charge is 2.54. The number of rotatable bonds is 2. The van der Waals surface area contributed by atoms with Crippen molar-refractivity contribution in [3.63, 3.8) is 0 Å². The maximum Gasteiger partial charge on any atom is 0.305 e. The van der Waals surface area contributed by atoms with E-state index in [1.165, 1.54) is 0 Å². The minimum Gasteiger partial charge on any atom is -0.316 e. The number of aryl methyl sites for hydroxylation is 1. The molecule has 0 spiro atoms. The Hall–Kier alpha value is -0.700. The Kier molecular flexibility index (Phi) is 3.13.